The van der Waals surface area contributed by atoms with Crippen LogP contribution < -0.4 is 10.6 Å². The van der Waals surface area contributed by atoms with Gasteiger partial charge in [-0.25, -0.2) is 4.79 Å². The fraction of sp³-hybridized carbons (Fsp3) is 0.550. The standard InChI is InChI=1S/C20H28ClN5O3.HI/c1-20(2,3)29-19(28)25-10-11-26-14(13-25)12-24-18(26)23-9-8-22-17(27)15-6-4-5-7-16(15)21;/h4-7,14H,8-13H2,1-3H3,(H,22,27)(H,23,24);1H. The number of hydrogen-bond donors (Lipinski definition) is 2. The normalized spacial score (nSPS) is 18.1. The van der Waals surface area contributed by atoms with Crippen molar-refractivity contribution >= 4 is 53.5 Å². The van der Waals surface area contributed by atoms with Gasteiger partial charge in [-0.1, -0.05) is 23.7 Å². The van der Waals surface area contributed by atoms with Gasteiger partial charge < -0.3 is 25.2 Å². The van der Waals surface area contributed by atoms with Gasteiger partial charge >= 0.3 is 6.09 Å². The molecule has 2 heterocycles. The van der Waals surface area contributed by atoms with Crippen molar-refractivity contribution in [1.82, 2.24) is 20.4 Å². The molecule has 1 atom stereocenters. The third-order valence-corrected chi connectivity index (χ3v) is 5.00. The van der Waals surface area contributed by atoms with Crippen molar-refractivity contribution in [3.05, 3.63) is 34.9 Å². The quantitative estimate of drug-likeness (QED) is 0.445. The highest BCUT2D eigenvalue weighted by Gasteiger charge is 2.36. The molecule has 0 bridgehead atoms. The zero-order valence-corrected chi connectivity index (χ0v) is 20.6. The Labute approximate surface area is 199 Å². The number of nitrogens with zero attached hydrogens (tertiary/aromatic N) is 3. The van der Waals surface area contributed by atoms with Crippen LogP contribution in [0.5, 0.6) is 0 Å². The number of rotatable bonds is 4. The second kappa shape index (κ2) is 10.5. The number of aliphatic imine (C=N–C) groups is 1. The molecule has 0 radical (unpaired) electrons. The third-order valence-electron chi connectivity index (χ3n) is 4.67. The lowest BCUT2D eigenvalue weighted by Crippen LogP contribution is -2.57. The van der Waals surface area contributed by atoms with Crippen LogP contribution in [0.1, 0.15) is 31.1 Å². The van der Waals surface area contributed by atoms with Gasteiger partial charge in [0, 0.05) is 32.7 Å². The van der Waals surface area contributed by atoms with E-state index in [2.05, 4.69) is 20.5 Å². The van der Waals surface area contributed by atoms with Crippen molar-refractivity contribution in [3.8, 4) is 0 Å². The number of carbonyl (C=O) groups is 2. The predicted molar refractivity (Wildman–Crippen MR) is 128 cm³/mol. The fourth-order valence-corrected chi connectivity index (χ4v) is 3.54. The van der Waals surface area contributed by atoms with Gasteiger partial charge in [0.05, 0.1) is 23.2 Å². The van der Waals surface area contributed by atoms with Crippen LogP contribution in [0.25, 0.3) is 0 Å². The number of guanidine groups is 1. The van der Waals surface area contributed by atoms with Crippen LogP contribution >= 0.6 is 35.6 Å². The summed E-state index contributed by atoms with van der Waals surface area (Å²) in [6.07, 6.45) is -0.277. The largest absolute Gasteiger partial charge is 0.444 e. The van der Waals surface area contributed by atoms with Gasteiger partial charge in [0.1, 0.15) is 5.60 Å². The molecule has 1 aromatic rings. The minimum absolute atomic E-state index is 0. The molecular formula is C20H29ClIN5O3. The molecule has 1 saturated heterocycles. The van der Waals surface area contributed by atoms with Crippen molar-refractivity contribution < 1.29 is 14.3 Å². The number of fused-ring (bicyclic) bond motifs is 1. The highest BCUT2D eigenvalue weighted by Crippen LogP contribution is 2.18. The molecule has 0 aromatic heterocycles. The molecular weight excluding hydrogens is 521 g/mol. The molecule has 2 aliphatic rings. The maximum Gasteiger partial charge on any atom is 0.410 e. The van der Waals surface area contributed by atoms with Gasteiger partial charge in [0.15, 0.2) is 5.96 Å². The summed E-state index contributed by atoms with van der Waals surface area (Å²) in [5.41, 5.74) is -0.0349. The number of ether oxygens (including phenoxy) is 1. The van der Waals surface area contributed by atoms with E-state index in [-0.39, 0.29) is 42.0 Å². The topological polar surface area (TPSA) is 86.3 Å². The molecule has 166 valence electrons. The molecule has 10 heteroatoms. The van der Waals surface area contributed by atoms with E-state index in [4.69, 9.17) is 16.3 Å². The second-order valence-corrected chi connectivity index (χ2v) is 8.51. The van der Waals surface area contributed by atoms with Gasteiger partial charge in [0.25, 0.3) is 5.91 Å². The van der Waals surface area contributed by atoms with Crippen LogP contribution in [0.2, 0.25) is 5.02 Å². The first-order valence-electron chi connectivity index (χ1n) is 9.80. The molecule has 1 fully saturated rings. The van der Waals surface area contributed by atoms with E-state index in [0.29, 0.717) is 49.9 Å². The summed E-state index contributed by atoms with van der Waals surface area (Å²) < 4.78 is 5.47. The molecule has 30 heavy (non-hydrogen) atoms. The summed E-state index contributed by atoms with van der Waals surface area (Å²) in [5, 5.41) is 6.56. The lowest BCUT2D eigenvalue weighted by molar-refractivity contribution is 0.0137. The van der Waals surface area contributed by atoms with Crippen LogP contribution in [-0.4, -0.2) is 78.7 Å². The average Bonchev–Trinajstić information content (AvgIpc) is 3.06. The van der Waals surface area contributed by atoms with Crippen LogP contribution in [0.4, 0.5) is 4.79 Å². The van der Waals surface area contributed by atoms with Crippen LogP contribution in [0.3, 0.4) is 0 Å². The molecule has 0 aliphatic carbocycles. The number of halogens is 2. The average molecular weight is 550 g/mol. The maximum absolute atomic E-state index is 12.3. The van der Waals surface area contributed by atoms with E-state index < -0.39 is 5.60 Å². The minimum Gasteiger partial charge on any atom is -0.444 e. The van der Waals surface area contributed by atoms with E-state index in [1.165, 1.54) is 0 Å². The van der Waals surface area contributed by atoms with Crippen molar-refractivity contribution in [2.45, 2.75) is 32.4 Å². The van der Waals surface area contributed by atoms with Crippen LogP contribution in [0, 0.1) is 0 Å². The lowest BCUT2D eigenvalue weighted by Gasteiger charge is -2.39. The zero-order valence-electron chi connectivity index (χ0n) is 17.5. The van der Waals surface area contributed by atoms with Crippen molar-refractivity contribution in [2.24, 2.45) is 4.99 Å². The molecule has 2 aliphatic heterocycles. The number of carbonyl (C=O) groups excluding carboxylic acids is 2. The van der Waals surface area contributed by atoms with E-state index in [0.717, 1.165) is 5.96 Å². The molecule has 8 nitrogen and oxygen atoms in total. The molecule has 3 rings (SSSR count). The Kier molecular flexibility index (Phi) is 8.60. The number of nitrogens with one attached hydrogen (secondary N) is 2. The maximum atomic E-state index is 12.3. The molecule has 2 N–H and O–H groups in total. The first-order valence-corrected chi connectivity index (χ1v) is 10.2. The highest BCUT2D eigenvalue weighted by molar-refractivity contribution is 14.0. The molecule has 2 amide bonds. The van der Waals surface area contributed by atoms with E-state index in [1.807, 2.05) is 20.8 Å². The number of hydrogen-bond acceptors (Lipinski definition) is 6. The molecule has 0 spiro atoms. The summed E-state index contributed by atoms with van der Waals surface area (Å²) >= 11 is 6.04. The Morgan fingerprint density at radius 2 is 1.97 bits per heavy atom. The third kappa shape index (κ3) is 6.37. The van der Waals surface area contributed by atoms with Gasteiger partial charge in [-0.05, 0) is 32.9 Å². The Bertz CT molecular complexity index is 799. The van der Waals surface area contributed by atoms with Crippen LogP contribution in [0.15, 0.2) is 29.3 Å². The monoisotopic (exact) mass is 549 g/mol. The molecule has 0 saturated carbocycles. The number of benzene rings is 1. The number of piperazine rings is 1. The van der Waals surface area contributed by atoms with Crippen molar-refractivity contribution in [2.75, 3.05) is 39.3 Å². The molecule has 1 unspecified atom stereocenters. The fourth-order valence-electron chi connectivity index (χ4n) is 3.31. The summed E-state index contributed by atoms with van der Waals surface area (Å²) in [6, 6.07) is 7.11. The smallest absolute Gasteiger partial charge is 0.410 e. The van der Waals surface area contributed by atoms with E-state index >= 15 is 0 Å². The summed E-state index contributed by atoms with van der Waals surface area (Å²) in [4.78, 5) is 32.9. The first kappa shape index (κ1) is 24.5. The van der Waals surface area contributed by atoms with Gasteiger partial charge in [0.2, 0.25) is 0 Å². The molecule has 1 aromatic carbocycles. The first-order chi connectivity index (χ1) is 13.7. The van der Waals surface area contributed by atoms with Gasteiger partial charge in [-0.3, -0.25) is 9.79 Å². The van der Waals surface area contributed by atoms with Gasteiger partial charge in [-0.2, -0.15) is 0 Å². The van der Waals surface area contributed by atoms with E-state index in [1.54, 1.807) is 29.2 Å². The Morgan fingerprint density at radius 1 is 1.23 bits per heavy atom. The summed E-state index contributed by atoms with van der Waals surface area (Å²) in [7, 11) is 0. The van der Waals surface area contributed by atoms with Crippen molar-refractivity contribution in [1.29, 1.82) is 0 Å². The Hall–Kier alpha value is -1.75. The second-order valence-electron chi connectivity index (χ2n) is 8.10. The van der Waals surface area contributed by atoms with Crippen molar-refractivity contribution in [3.63, 3.8) is 0 Å². The minimum atomic E-state index is -0.498. The Morgan fingerprint density at radius 3 is 2.67 bits per heavy atom. The zero-order chi connectivity index (χ0) is 21.0. The Balaban J connectivity index is 0.00000320. The SMILES string of the molecule is CC(C)(C)OC(=O)N1CCN2C(NCCNC(=O)c3ccccc3Cl)=NCC2C1.I. The van der Waals surface area contributed by atoms with E-state index in [9.17, 15) is 9.59 Å². The van der Waals surface area contributed by atoms with Gasteiger partial charge in [-0.15, -0.1) is 24.0 Å². The lowest BCUT2D eigenvalue weighted by atomic mass is 10.2. The number of amides is 2. The summed E-state index contributed by atoms with van der Waals surface area (Å²) in [6.45, 7) is 9.11. The summed E-state index contributed by atoms with van der Waals surface area (Å²) in [5.74, 6) is 0.612. The predicted octanol–water partition coefficient (Wildman–Crippen LogP) is 2.57. The highest BCUT2D eigenvalue weighted by atomic mass is 127. The van der Waals surface area contributed by atoms with Crippen LogP contribution in [-0.2, 0) is 4.74 Å².